The van der Waals surface area contributed by atoms with E-state index in [1.54, 1.807) is 0 Å². The lowest BCUT2D eigenvalue weighted by molar-refractivity contribution is -0.246. The van der Waals surface area contributed by atoms with E-state index in [0.717, 1.165) is 55.7 Å². The van der Waals surface area contributed by atoms with Crippen molar-refractivity contribution in [3.8, 4) is 11.5 Å². The second kappa shape index (κ2) is 8.33. The number of methoxy groups -OCH3 is 1. The molecule has 1 N–H and O–H groups in total. The Bertz CT molecular complexity index is 1270. The smallest absolute Gasteiger partial charge is 0.166 e. The Morgan fingerprint density at radius 3 is 2.74 bits per heavy atom. The van der Waals surface area contributed by atoms with Gasteiger partial charge in [0.05, 0.1) is 17.6 Å². The normalized spacial score (nSPS) is 37.4. The zero-order valence-corrected chi connectivity index (χ0v) is 23.2. The van der Waals surface area contributed by atoms with Crippen LogP contribution in [0.2, 0.25) is 0 Å². The van der Waals surface area contributed by atoms with Crippen LogP contribution in [0.4, 0.5) is 0 Å². The molecule has 2 fully saturated rings. The van der Waals surface area contributed by atoms with Crippen molar-refractivity contribution in [1.82, 2.24) is 4.90 Å². The maximum absolute atomic E-state index is 12.3. The summed E-state index contributed by atoms with van der Waals surface area (Å²) >= 11 is 0. The van der Waals surface area contributed by atoms with Gasteiger partial charge in [0.2, 0.25) is 0 Å². The van der Waals surface area contributed by atoms with Gasteiger partial charge in [-0.15, -0.1) is 0 Å². The molecule has 2 aromatic carbocycles. The topological polar surface area (TPSA) is 51.2 Å². The first kappa shape index (κ1) is 24.7. The summed E-state index contributed by atoms with van der Waals surface area (Å²) in [6.07, 6.45) is 10.2. The van der Waals surface area contributed by atoms with Gasteiger partial charge in [0.15, 0.2) is 11.5 Å². The minimum Gasteiger partial charge on any atom is -0.490 e. The predicted molar refractivity (Wildman–Crippen MR) is 148 cm³/mol. The van der Waals surface area contributed by atoms with Crippen LogP contribution >= 0.6 is 0 Å². The fourth-order valence-electron chi connectivity index (χ4n) is 9.32. The number of unbranched alkanes of at least 4 members (excludes halogenated alkanes) is 1. The summed E-state index contributed by atoms with van der Waals surface area (Å²) in [5.74, 6) is 1.69. The number of ether oxygens (including phenoxy) is 3. The third kappa shape index (κ3) is 2.93. The number of likely N-dealkylation sites (N-methyl/N-ethyl adjacent to an activating group) is 1. The van der Waals surface area contributed by atoms with E-state index in [4.69, 9.17) is 14.2 Å². The van der Waals surface area contributed by atoms with Crippen molar-refractivity contribution in [2.45, 2.75) is 81.1 Å². The number of aliphatic hydroxyl groups is 1. The van der Waals surface area contributed by atoms with Crippen LogP contribution in [0.5, 0.6) is 11.5 Å². The summed E-state index contributed by atoms with van der Waals surface area (Å²) in [7, 11) is 4.09. The van der Waals surface area contributed by atoms with Crippen LogP contribution in [-0.2, 0) is 23.0 Å². The van der Waals surface area contributed by atoms with Crippen LogP contribution in [0.1, 0.15) is 56.2 Å². The van der Waals surface area contributed by atoms with E-state index in [2.05, 4.69) is 67.4 Å². The number of piperidine rings is 1. The van der Waals surface area contributed by atoms with Crippen LogP contribution in [0.25, 0.3) is 0 Å². The SMILES string of the molecule is CCCCOc1ccc2c3c1O[C@H]1[C@@]4(OC)C=C[C@@]5(C[C@@H]4[C@](C)(O)Cc4ccccc4)[C@@H](C2)N(C)CC[C@]315. The van der Waals surface area contributed by atoms with Crippen molar-refractivity contribution in [3.63, 3.8) is 0 Å². The molecular formula is C33H41NO4. The highest BCUT2D eigenvalue weighted by atomic mass is 16.6. The molecule has 0 aromatic heterocycles. The van der Waals surface area contributed by atoms with Crippen molar-refractivity contribution >= 4 is 0 Å². The molecule has 0 amide bonds. The average molecular weight is 516 g/mol. The predicted octanol–water partition coefficient (Wildman–Crippen LogP) is 5.08. The Balaban J connectivity index is 1.40. The van der Waals surface area contributed by atoms with Gasteiger partial charge in [0.1, 0.15) is 11.7 Å². The van der Waals surface area contributed by atoms with E-state index in [1.165, 1.54) is 11.1 Å². The highest BCUT2D eigenvalue weighted by Gasteiger charge is 2.80. The summed E-state index contributed by atoms with van der Waals surface area (Å²) in [5.41, 5.74) is 1.90. The molecule has 4 aliphatic carbocycles. The molecule has 2 aromatic rings. The number of likely N-dealkylation sites (tertiary alicyclic amines) is 1. The Kier molecular flexibility index (Phi) is 5.41. The third-order valence-corrected chi connectivity index (χ3v) is 11.0. The van der Waals surface area contributed by atoms with Gasteiger partial charge in [-0.25, -0.2) is 0 Å². The van der Waals surface area contributed by atoms with Gasteiger partial charge in [0, 0.05) is 36.5 Å². The maximum Gasteiger partial charge on any atom is 0.166 e. The van der Waals surface area contributed by atoms with Gasteiger partial charge in [-0.1, -0.05) is 61.9 Å². The monoisotopic (exact) mass is 515 g/mol. The largest absolute Gasteiger partial charge is 0.490 e. The van der Waals surface area contributed by atoms with Crippen LogP contribution < -0.4 is 9.47 Å². The van der Waals surface area contributed by atoms with Crippen molar-refractivity contribution in [1.29, 1.82) is 0 Å². The Morgan fingerprint density at radius 2 is 1.97 bits per heavy atom. The lowest BCUT2D eigenvalue weighted by atomic mass is 9.36. The van der Waals surface area contributed by atoms with Gasteiger partial charge >= 0.3 is 0 Å². The zero-order valence-electron chi connectivity index (χ0n) is 23.2. The van der Waals surface area contributed by atoms with E-state index < -0.39 is 11.2 Å². The molecule has 2 spiro atoms. The van der Waals surface area contributed by atoms with Crippen molar-refractivity contribution in [3.05, 3.63) is 71.3 Å². The number of fused-ring (bicyclic) bond motifs is 1. The quantitative estimate of drug-likeness (QED) is 0.393. The summed E-state index contributed by atoms with van der Waals surface area (Å²) in [6.45, 7) is 5.93. The van der Waals surface area contributed by atoms with Gasteiger partial charge in [0.25, 0.3) is 0 Å². The number of benzene rings is 2. The van der Waals surface area contributed by atoms with Gasteiger partial charge < -0.3 is 24.2 Å². The molecule has 1 saturated heterocycles. The molecule has 0 unspecified atom stereocenters. The first-order valence-corrected chi connectivity index (χ1v) is 14.5. The number of rotatable bonds is 8. The van der Waals surface area contributed by atoms with E-state index in [9.17, 15) is 5.11 Å². The molecule has 8 rings (SSSR count). The Labute approximate surface area is 226 Å². The molecule has 5 nitrogen and oxygen atoms in total. The number of nitrogens with zero attached hydrogens (tertiary/aromatic N) is 1. The highest BCUT2D eigenvalue weighted by molar-refractivity contribution is 5.65. The summed E-state index contributed by atoms with van der Waals surface area (Å²) in [6, 6.07) is 15.1. The van der Waals surface area contributed by atoms with Gasteiger partial charge in [-0.2, -0.15) is 0 Å². The van der Waals surface area contributed by atoms with Gasteiger partial charge in [-0.3, -0.25) is 0 Å². The minimum atomic E-state index is -0.970. The molecule has 2 aliphatic heterocycles. The minimum absolute atomic E-state index is 0.113. The summed E-state index contributed by atoms with van der Waals surface area (Å²) in [5, 5.41) is 12.3. The van der Waals surface area contributed by atoms with Crippen LogP contribution in [-0.4, -0.2) is 60.7 Å². The average Bonchev–Trinajstić information content (AvgIpc) is 3.29. The molecule has 1 saturated carbocycles. The summed E-state index contributed by atoms with van der Waals surface area (Å²) in [4.78, 5) is 2.56. The lowest BCUT2D eigenvalue weighted by Crippen LogP contribution is -2.80. The third-order valence-electron chi connectivity index (χ3n) is 11.0. The molecule has 0 radical (unpaired) electrons. The van der Waals surface area contributed by atoms with Gasteiger partial charge in [-0.05, 0) is 63.4 Å². The van der Waals surface area contributed by atoms with Crippen molar-refractivity contribution in [2.24, 2.45) is 11.3 Å². The zero-order chi connectivity index (χ0) is 26.3. The lowest BCUT2D eigenvalue weighted by Gasteiger charge is -2.72. The molecule has 202 valence electrons. The fourth-order valence-corrected chi connectivity index (χ4v) is 9.32. The van der Waals surface area contributed by atoms with Crippen molar-refractivity contribution < 1.29 is 19.3 Å². The number of hydrogen-bond acceptors (Lipinski definition) is 5. The van der Waals surface area contributed by atoms with Crippen molar-refractivity contribution in [2.75, 3.05) is 27.3 Å². The van der Waals surface area contributed by atoms with E-state index in [-0.39, 0.29) is 22.9 Å². The highest BCUT2D eigenvalue weighted by Crippen LogP contribution is 2.75. The molecule has 2 heterocycles. The maximum atomic E-state index is 12.3. The molecule has 6 aliphatic rings. The van der Waals surface area contributed by atoms with E-state index >= 15 is 0 Å². The van der Waals surface area contributed by atoms with Crippen LogP contribution in [0.15, 0.2) is 54.6 Å². The van der Waals surface area contributed by atoms with Crippen LogP contribution in [0, 0.1) is 11.3 Å². The molecular weight excluding hydrogens is 474 g/mol. The van der Waals surface area contributed by atoms with Crippen LogP contribution in [0.3, 0.4) is 0 Å². The molecule has 38 heavy (non-hydrogen) atoms. The first-order valence-electron chi connectivity index (χ1n) is 14.5. The first-order chi connectivity index (χ1) is 18.3. The van der Waals surface area contributed by atoms with E-state index in [0.29, 0.717) is 19.1 Å². The standard InChI is InChI=1S/C33H41NO4/c1-5-6-18-37-24-13-12-23-19-26-31-14-15-33(36-4,25(21-31)30(2,35)20-22-10-8-7-9-11-22)29-32(31,16-17-34(26)3)27(23)28(24)38-29/h7-15,25-26,29,35H,5-6,16-21H2,1-4H3/t25-,26-,29-,30-,31-,32+,33-/m1/s1. The number of hydrogen-bond donors (Lipinski definition) is 1. The van der Waals surface area contributed by atoms with E-state index in [1.807, 2.05) is 20.1 Å². The second-order valence-electron chi connectivity index (χ2n) is 12.8. The molecule has 4 bridgehead atoms. The second-order valence-corrected chi connectivity index (χ2v) is 12.8. The molecule has 5 heteroatoms. The summed E-state index contributed by atoms with van der Waals surface area (Å²) < 4.78 is 20.1. The Morgan fingerprint density at radius 1 is 1.16 bits per heavy atom. The molecule has 7 atom stereocenters. The fraction of sp³-hybridized carbons (Fsp3) is 0.576. The Hall–Kier alpha value is -2.34.